The Kier molecular flexibility index (Phi) is 2.81. The molecule has 21 heavy (non-hydrogen) atoms. The second kappa shape index (κ2) is 4.48. The van der Waals surface area contributed by atoms with Gasteiger partial charge < -0.3 is 0 Å². The Bertz CT molecular complexity index is 858. The quantitative estimate of drug-likeness (QED) is 0.429. The molecule has 1 heteroatoms. The van der Waals surface area contributed by atoms with E-state index >= 15 is 0 Å². The first kappa shape index (κ1) is 13.2. The van der Waals surface area contributed by atoms with E-state index < -0.39 is 0 Å². The lowest BCUT2D eigenvalue weighted by Crippen LogP contribution is -2.24. The molecule has 0 N–H and O–H groups in total. The van der Waals surface area contributed by atoms with Crippen molar-refractivity contribution in [1.82, 2.24) is 0 Å². The molecule has 0 bridgehead atoms. The van der Waals surface area contributed by atoms with Gasteiger partial charge in [-0.2, -0.15) is 0 Å². The van der Waals surface area contributed by atoms with E-state index in [1.807, 2.05) is 6.07 Å². The van der Waals surface area contributed by atoms with Crippen molar-refractivity contribution in [3.63, 3.8) is 0 Å². The summed E-state index contributed by atoms with van der Waals surface area (Å²) < 4.78 is 0. The number of fused-ring (bicyclic) bond motifs is 5. The average molecular weight is 295 g/mol. The molecule has 1 aliphatic rings. The largest absolute Gasteiger partial charge is 0.0837 e. The predicted molar refractivity (Wildman–Crippen MR) is 92.4 cm³/mol. The summed E-state index contributed by atoms with van der Waals surface area (Å²) in [5.74, 6) is 0. The highest BCUT2D eigenvalue weighted by Crippen LogP contribution is 2.42. The van der Waals surface area contributed by atoms with Crippen molar-refractivity contribution in [2.45, 2.75) is 38.5 Å². The number of rotatable bonds is 0. The van der Waals surface area contributed by atoms with Crippen LogP contribution in [0, 0.1) is 0 Å². The molecule has 0 saturated heterocycles. The van der Waals surface area contributed by atoms with Crippen molar-refractivity contribution in [3.8, 4) is 0 Å². The molecule has 3 aromatic rings. The van der Waals surface area contributed by atoms with E-state index in [4.69, 9.17) is 11.6 Å². The molecule has 0 atom stereocenters. The predicted octanol–water partition coefficient (Wildman–Crippen LogP) is 6.26. The lowest BCUT2D eigenvalue weighted by Gasteiger charge is -2.34. The fourth-order valence-electron chi connectivity index (χ4n) is 4.03. The first-order valence-corrected chi connectivity index (χ1v) is 8.09. The minimum Gasteiger partial charge on any atom is -0.0837 e. The van der Waals surface area contributed by atoms with Crippen molar-refractivity contribution < 1.29 is 0 Å². The fraction of sp³-hybridized carbons (Fsp3) is 0.300. The van der Waals surface area contributed by atoms with Gasteiger partial charge in [0.15, 0.2) is 0 Å². The zero-order valence-electron chi connectivity index (χ0n) is 12.5. The minimum absolute atomic E-state index is 0.263. The normalized spacial score (nSPS) is 17.1. The van der Waals surface area contributed by atoms with Crippen molar-refractivity contribution in [1.29, 1.82) is 0 Å². The van der Waals surface area contributed by atoms with E-state index in [9.17, 15) is 0 Å². The Morgan fingerprint density at radius 2 is 1.57 bits per heavy atom. The molecule has 0 aliphatic heterocycles. The smallest absolute Gasteiger partial charge is 0.0484 e. The maximum atomic E-state index is 6.36. The molecule has 0 nitrogen and oxygen atoms in total. The van der Waals surface area contributed by atoms with Crippen molar-refractivity contribution in [2.24, 2.45) is 0 Å². The molecule has 4 rings (SSSR count). The van der Waals surface area contributed by atoms with Crippen LogP contribution in [0.5, 0.6) is 0 Å². The Hall–Kier alpha value is -1.53. The highest BCUT2D eigenvalue weighted by molar-refractivity contribution is 6.36. The van der Waals surface area contributed by atoms with Crippen LogP contribution in [-0.4, -0.2) is 0 Å². The van der Waals surface area contributed by atoms with Crippen LogP contribution in [0.1, 0.15) is 37.8 Å². The van der Waals surface area contributed by atoms with Gasteiger partial charge >= 0.3 is 0 Å². The highest BCUT2D eigenvalue weighted by Gasteiger charge is 2.29. The van der Waals surface area contributed by atoms with Gasteiger partial charge in [-0.15, -0.1) is 0 Å². The number of hydrogen-bond acceptors (Lipinski definition) is 0. The molecule has 0 unspecified atom stereocenters. The molecule has 0 spiro atoms. The van der Waals surface area contributed by atoms with Crippen molar-refractivity contribution in [2.75, 3.05) is 0 Å². The topological polar surface area (TPSA) is 0 Å². The van der Waals surface area contributed by atoms with Gasteiger partial charge in [-0.05, 0) is 58.0 Å². The van der Waals surface area contributed by atoms with E-state index in [0.717, 1.165) is 10.4 Å². The van der Waals surface area contributed by atoms with Crippen LogP contribution in [-0.2, 0) is 11.8 Å². The third kappa shape index (κ3) is 1.89. The number of halogens is 1. The molecule has 0 amide bonds. The third-order valence-electron chi connectivity index (χ3n) is 5.02. The molecule has 0 saturated carbocycles. The summed E-state index contributed by atoms with van der Waals surface area (Å²) in [6.07, 6.45) is 3.78. The zero-order chi connectivity index (χ0) is 14.6. The third-order valence-corrected chi connectivity index (χ3v) is 5.35. The van der Waals surface area contributed by atoms with Crippen LogP contribution in [0.2, 0.25) is 5.02 Å². The summed E-state index contributed by atoms with van der Waals surface area (Å²) >= 11 is 6.36. The summed E-state index contributed by atoms with van der Waals surface area (Å²) in [4.78, 5) is 0. The van der Waals surface area contributed by atoms with Gasteiger partial charge in [0.2, 0.25) is 0 Å². The monoisotopic (exact) mass is 294 g/mol. The average Bonchev–Trinajstić information content (AvgIpc) is 2.46. The van der Waals surface area contributed by atoms with Gasteiger partial charge in [-0.1, -0.05) is 61.8 Å². The molecule has 106 valence electrons. The number of aryl methyl sites for hydroxylation is 1. The molecular weight excluding hydrogens is 276 g/mol. The van der Waals surface area contributed by atoms with Gasteiger partial charge in [0.25, 0.3) is 0 Å². The summed E-state index contributed by atoms with van der Waals surface area (Å²) in [5, 5.41) is 6.01. The van der Waals surface area contributed by atoms with Gasteiger partial charge in [-0.3, -0.25) is 0 Å². The Balaban J connectivity index is 2.17. The second-order valence-corrected chi connectivity index (χ2v) is 7.24. The van der Waals surface area contributed by atoms with E-state index in [-0.39, 0.29) is 5.41 Å². The summed E-state index contributed by atoms with van der Waals surface area (Å²) in [6, 6.07) is 15.3. The number of benzene rings is 3. The highest BCUT2D eigenvalue weighted by atomic mass is 35.5. The van der Waals surface area contributed by atoms with E-state index in [2.05, 4.69) is 50.2 Å². The molecule has 0 radical (unpaired) electrons. The van der Waals surface area contributed by atoms with Crippen LogP contribution in [0.25, 0.3) is 21.5 Å². The minimum atomic E-state index is 0.263. The zero-order valence-corrected chi connectivity index (χ0v) is 13.3. The van der Waals surface area contributed by atoms with Crippen LogP contribution >= 0.6 is 11.6 Å². The summed E-state index contributed by atoms with van der Waals surface area (Å²) in [7, 11) is 0. The molecule has 0 fully saturated rings. The standard InChI is InChI=1S/C20H19Cl/c1-20(2)12-4-5-13-8-9-15-14-6-3-7-18(21)16(14)10-11-17(15)19(13)20/h3,6-11H,4-5,12H2,1-2H3. The summed E-state index contributed by atoms with van der Waals surface area (Å²) in [6.45, 7) is 4.76. The van der Waals surface area contributed by atoms with E-state index in [0.29, 0.717) is 0 Å². The van der Waals surface area contributed by atoms with Crippen molar-refractivity contribution in [3.05, 3.63) is 58.6 Å². The van der Waals surface area contributed by atoms with E-state index in [1.165, 1.54) is 41.0 Å². The van der Waals surface area contributed by atoms with Crippen LogP contribution < -0.4 is 0 Å². The fourth-order valence-corrected chi connectivity index (χ4v) is 4.27. The van der Waals surface area contributed by atoms with Gasteiger partial charge in [0.1, 0.15) is 0 Å². The Morgan fingerprint density at radius 3 is 2.43 bits per heavy atom. The number of hydrogen-bond donors (Lipinski definition) is 0. The summed E-state index contributed by atoms with van der Waals surface area (Å²) in [5.41, 5.74) is 3.34. The maximum absolute atomic E-state index is 6.36. The van der Waals surface area contributed by atoms with Gasteiger partial charge in [-0.25, -0.2) is 0 Å². The molecule has 0 aromatic heterocycles. The SMILES string of the molecule is CC1(C)CCCc2ccc3c(ccc4c(Cl)cccc43)c21. The van der Waals surface area contributed by atoms with E-state index in [1.54, 1.807) is 5.56 Å². The lowest BCUT2D eigenvalue weighted by atomic mass is 9.71. The van der Waals surface area contributed by atoms with Crippen molar-refractivity contribution >= 4 is 33.1 Å². The van der Waals surface area contributed by atoms with Crippen LogP contribution in [0.3, 0.4) is 0 Å². The first-order valence-electron chi connectivity index (χ1n) is 7.71. The molecular formula is C20H19Cl. The van der Waals surface area contributed by atoms with Gasteiger partial charge in [0, 0.05) is 10.4 Å². The Labute approximate surface area is 130 Å². The maximum Gasteiger partial charge on any atom is 0.0484 e. The molecule has 0 heterocycles. The van der Waals surface area contributed by atoms with Crippen LogP contribution in [0.4, 0.5) is 0 Å². The van der Waals surface area contributed by atoms with Gasteiger partial charge in [0.05, 0.1) is 0 Å². The van der Waals surface area contributed by atoms with Crippen LogP contribution in [0.15, 0.2) is 42.5 Å². The lowest BCUT2D eigenvalue weighted by molar-refractivity contribution is 0.436. The molecule has 1 aliphatic carbocycles. The first-order chi connectivity index (χ1) is 10.1. The Morgan fingerprint density at radius 1 is 0.857 bits per heavy atom. The second-order valence-electron chi connectivity index (χ2n) is 6.83. The molecule has 3 aromatic carbocycles.